The van der Waals surface area contributed by atoms with E-state index in [-0.39, 0.29) is 6.04 Å². The molecule has 1 aromatic heterocycles. The molecule has 0 aliphatic carbocycles. The molecule has 3 nitrogen and oxygen atoms in total. The number of rotatable bonds is 5. The monoisotopic (exact) mass is 213 g/mol. The van der Waals surface area contributed by atoms with Crippen LogP contribution >= 0.6 is 11.8 Å². The van der Waals surface area contributed by atoms with Gasteiger partial charge >= 0.3 is 0 Å². The summed E-state index contributed by atoms with van der Waals surface area (Å²) >= 11 is 1.85. The van der Waals surface area contributed by atoms with Gasteiger partial charge < -0.3 is 10.3 Å². The van der Waals surface area contributed by atoms with Gasteiger partial charge in [0.2, 0.25) is 0 Å². The molecule has 0 aliphatic rings. The van der Waals surface area contributed by atoms with Crippen molar-refractivity contribution in [3.8, 4) is 0 Å². The number of hydrogen-bond acceptors (Lipinski definition) is 3. The molecule has 80 valence electrons. The fraction of sp³-hybridized carbons (Fsp3) is 0.700. The summed E-state index contributed by atoms with van der Waals surface area (Å²) in [5.74, 6) is 1.10. The summed E-state index contributed by atoms with van der Waals surface area (Å²) in [5, 5.41) is 0. The summed E-state index contributed by atoms with van der Waals surface area (Å²) in [5.41, 5.74) is 7.15. The van der Waals surface area contributed by atoms with Crippen molar-refractivity contribution in [1.82, 2.24) is 9.55 Å². The summed E-state index contributed by atoms with van der Waals surface area (Å²) in [6.45, 7) is 4.30. The lowest BCUT2D eigenvalue weighted by molar-refractivity contribution is 0.541. The minimum absolute atomic E-state index is 0.113. The smallest absolute Gasteiger partial charge is 0.0951 e. The van der Waals surface area contributed by atoms with Gasteiger partial charge in [0.15, 0.2) is 0 Å². The molecule has 0 aliphatic heterocycles. The molecular weight excluding hydrogens is 194 g/mol. The Balaban J connectivity index is 2.81. The molecule has 0 aromatic carbocycles. The van der Waals surface area contributed by atoms with Crippen LogP contribution < -0.4 is 5.73 Å². The summed E-state index contributed by atoms with van der Waals surface area (Å²) < 4.78 is 2.19. The van der Waals surface area contributed by atoms with E-state index in [9.17, 15) is 0 Å². The second kappa shape index (κ2) is 5.41. The average molecular weight is 213 g/mol. The largest absolute Gasteiger partial charge is 0.330 e. The van der Waals surface area contributed by atoms with E-state index in [4.69, 9.17) is 5.73 Å². The van der Waals surface area contributed by atoms with Gasteiger partial charge in [-0.3, -0.25) is 0 Å². The molecule has 1 rings (SSSR count). The number of nitrogens with two attached hydrogens (primary N) is 1. The molecule has 0 spiro atoms. The van der Waals surface area contributed by atoms with E-state index in [0.29, 0.717) is 6.04 Å². The molecule has 0 saturated heterocycles. The number of imidazole rings is 1. The Kier molecular flexibility index (Phi) is 4.48. The van der Waals surface area contributed by atoms with Crippen LogP contribution in [0.15, 0.2) is 12.5 Å². The average Bonchev–Trinajstić information content (AvgIpc) is 2.65. The Hall–Kier alpha value is -0.480. The maximum Gasteiger partial charge on any atom is 0.0951 e. The van der Waals surface area contributed by atoms with Crippen LogP contribution in [0.4, 0.5) is 0 Å². The van der Waals surface area contributed by atoms with Gasteiger partial charge in [0.1, 0.15) is 0 Å². The molecule has 2 N–H and O–H groups in total. The van der Waals surface area contributed by atoms with Gasteiger partial charge in [-0.2, -0.15) is 11.8 Å². The second-order valence-corrected chi connectivity index (χ2v) is 4.46. The molecule has 0 saturated carbocycles. The maximum atomic E-state index is 6.01. The Morgan fingerprint density at radius 3 is 2.93 bits per heavy atom. The quantitative estimate of drug-likeness (QED) is 0.815. The van der Waals surface area contributed by atoms with Crippen molar-refractivity contribution in [1.29, 1.82) is 0 Å². The van der Waals surface area contributed by atoms with Gasteiger partial charge in [-0.15, -0.1) is 0 Å². The van der Waals surface area contributed by atoms with E-state index in [1.54, 1.807) is 0 Å². The maximum absolute atomic E-state index is 6.01. The van der Waals surface area contributed by atoms with Crippen molar-refractivity contribution >= 4 is 11.8 Å². The van der Waals surface area contributed by atoms with Crippen LogP contribution in [0.5, 0.6) is 0 Å². The standard InChI is InChI=1S/C10H19N3S/c1-4-9(11)10-5-12-7-13(10)8(2)6-14-3/h5,7-9H,4,6,11H2,1-3H3/t8?,9-/m1/s1. The molecule has 1 heterocycles. The molecule has 0 fully saturated rings. The number of hydrogen-bond donors (Lipinski definition) is 1. The van der Waals surface area contributed by atoms with Gasteiger partial charge in [0, 0.05) is 24.0 Å². The fourth-order valence-electron chi connectivity index (χ4n) is 1.50. The molecule has 0 amide bonds. The molecule has 1 aromatic rings. The van der Waals surface area contributed by atoms with Crippen molar-refractivity contribution < 1.29 is 0 Å². The first-order valence-corrected chi connectivity index (χ1v) is 6.36. The van der Waals surface area contributed by atoms with Gasteiger partial charge in [0.25, 0.3) is 0 Å². The number of thioether (sulfide) groups is 1. The van der Waals surface area contributed by atoms with Crippen LogP contribution in [-0.2, 0) is 0 Å². The van der Waals surface area contributed by atoms with Crippen LogP contribution in [0.3, 0.4) is 0 Å². The molecule has 0 bridgehead atoms. The zero-order chi connectivity index (χ0) is 10.6. The van der Waals surface area contributed by atoms with Gasteiger partial charge in [-0.05, 0) is 19.6 Å². The molecule has 1 unspecified atom stereocenters. The molecule has 4 heteroatoms. The predicted molar refractivity (Wildman–Crippen MR) is 62.5 cm³/mol. The fourth-order valence-corrected chi connectivity index (χ4v) is 2.14. The van der Waals surface area contributed by atoms with Crippen LogP contribution in [0.1, 0.15) is 38.0 Å². The topological polar surface area (TPSA) is 43.8 Å². The number of aromatic nitrogens is 2. The molecule has 0 radical (unpaired) electrons. The third kappa shape index (κ3) is 2.51. The van der Waals surface area contributed by atoms with Crippen LogP contribution in [0.2, 0.25) is 0 Å². The van der Waals surface area contributed by atoms with E-state index in [1.807, 2.05) is 24.3 Å². The Labute approximate surface area is 90.1 Å². The van der Waals surface area contributed by atoms with Gasteiger partial charge in [-0.25, -0.2) is 4.98 Å². The van der Waals surface area contributed by atoms with Gasteiger partial charge in [0.05, 0.1) is 12.0 Å². The lowest BCUT2D eigenvalue weighted by atomic mass is 10.2. The summed E-state index contributed by atoms with van der Waals surface area (Å²) in [6, 6.07) is 0.585. The predicted octanol–water partition coefficient (Wildman–Crippen LogP) is 2.22. The van der Waals surface area contributed by atoms with Crippen molar-refractivity contribution in [2.75, 3.05) is 12.0 Å². The minimum atomic E-state index is 0.113. The van der Waals surface area contributed by atoms with E-state index >= 15 is 0 Å². The SMILES string of the molecule is CC[C@@H](N)c1cncn1C(C)CSC. The van der Waals surface area contributed by atoms with E-state index in [2.05, 4.69) is 29.7 Å². The summed E-state index contributed by atoms with van der Waals surface area (Å²) in [4.78, 5) is 4.17. The third-order valence-corrected chi connectivity index (χ3v) is 3.21. The highest BCUT2D eigenvalue weighted by Gasteiger charge is 2.13. The van der Waals surface area contributed by atoms with Crippen molar-refractivity contribution in [3.05, 3.63) is 18.2 Å². The van der Waals surface area contributed by atoms with Gasteiger partial charge in [-0.1, -0.05) is 6.92 Å². The zero-order valence-electron chi connectivity index (χ0n) is 9.10. The normalized spacial score (nSPS) is 15.4. The van der Waals surface area contributed by atoms with Crippen LogP contribution in [0.25, 0.3) is 0 Å². The Morgan fingerprint density at radius 2 is 2.36 bits per heavy atom. The van der Waals surface area contributed by atoms with E-state index in [1.165, 1.54) is 0 Å². The Bertz CT molecular complexity index is 272. The van der Waals surface area contributed by atoms with Crippen molar-refractivity contribution in [3.63, 3.8) is 0 Å². The van der Waals surface area contributed by atoms with Crippen LogP contribution in [-0.4, -0.2) is 21.6 Å². The van der Waals surface area contributed by atoms with Crippen LogP contribution in [0, 0.1) is 0 Å². The first-order valence-electron chi connectivity index (χ1n) is 4.96. The molecule has 14 heavy (non-hydrogen) atoms. The van der Waals surface area contributed by atoms with Crippen molar-refractivity contribution in [2.45, 2.75) is 32.4 Å². The summed E-state index contributed by atoms with van der Waals surface area (Å²) in [7, 11) is 0. The lowest BCUT2D eigenvalue weighted by Crippen LogP contribution is -2.17. The lowest BCUT2D eigenvalue weighted by Gasteiger charge is -2.18. The highest BCUT2D eigenvalue weighted by Crippen LogP contribution is 2.19. The number of nitrogens with zero attached hydrogens (tertiary/aromatic N) is 2. The third-order valence-electron chi connectivity index (χ3n) is 2.40. The molecular formula is C10H19N3S. The molecule has 2 atom stereocenters. The highest BCUT2D eigenvalue weighted by atomic mass is 32.2. The first kappa shape index (κ1) is 11.6. The van der Waals surface area contributed by atoms with Crippen molar-refractivity contribution in [2.24, 2.45) is 5.73 Å². The van der Waals surface area contributed by atoms with E-state index in [0.717, 1.165) is 17.9 Å². The minimum Gasteiger partial charge on any atom is -0.330 e. The zero-order valence-corrected chi connectivity index (χ0v) is 9.92. The summed E-state index contributed by atoms with van der Waals surface area (Å²) in [6.07, 6.45) is 6.83. The highest BCUT2D eigenvalue weighted by molar-refractivity contribution is 7.98. The van der Waals surface area contributed by atoms with E-state index < -0.39 is 0 Å². The Morgan fingerprint density at radius 1 is 1.64 bits per heavy atom. The first-order chi connectivity index (χ1) is 6.70. The second-order valence-electron chi connectivity index (χ2n) is 3.54.